The summed E-state index contributed by atoms with van der Waals surface area (Å²) in [6.45, 7) is 1.11. The van der Waals surface area contributed by atoms with Crippen LogP contribution in [0.3, 0.4) is 0 Å². The van der Waals surface area contributed by atoms with Gasteiger partial charge >= 0.3 is 12.1 Å². The van der Waals surface area contributed by atoms with Crippen LogP contribution in [0.25, 0.3) is 0 Å². The standard InChI is InChI=1S/C10H13F3N4O3/c1-9(20,8(18)19)5-16-2-3-17-6(4-16)14-15-7(17)10(11,12)13/h20H,2-5H2,1H3,(H,18,19). The molecule has 1 unspecified atom stereocenters. The van der Waals surface area contributed by atoms with Gasteiger partial charge in [-0.25, -0.2) is 4.79 Å². The average molecular weight is 294 g/mol. The highest BCUT2D eigenvalue weighted by Gasteiger charge is 2.40. The molecule has 0 radical (unpaired) electrons. The Morgan fingerprint density at radius 1 is 1.35 bits per heavy atom. The van der Waals surface area contributed by atoms with E-state index in [0.29, 0.717) is 0 Å². The molecule has 1 aliphatic rings. The Kier molecular flexibility index (Phi) is 3.46. The number of nitrogens with zero attached hydrogens (tertiary/aromatic N) is 4. The summed E-state index contributed by atoms with van der Waals surface area (Å²) >= 11 is 0. The van der Waals surface area contributed by atoms with Gasteiger partial charge in [-0.15, -0.1) is 10.2 Å². The summed E-state index contributed by atoms with van der Waals surface area (Å²) in [5.41, 5.74) is -1.96. The Morgan fingerprint density at radius 3 is 2.55 bits per heavy atom. The molecule has 2 heterocycles. The zero-order valence-corrected chi connectivity index (χ0v) is 10.6. The fourth-order valence-electron chi connectivity index (χ4n) is 2.06. The first-order chi connectivity index (χ1) is 9.11. The fraction of sp³-hybridized carbons (Fsp3) is 0.700. The van der Waals surface area contributed by atoms with Gasteiger partial charge in [0.05, 0.1) is 6.54 Å². The van der Waals surface area contributed by atoms with Crippen LogP contribution in [-0.2, 0) is 24.1 Å². The van der Waals surface area contributed by atoms with E-state index in [0.717, 1.165) is 11.5 Å². The average Bonchev–Trinajstić information content (AvgIpc) is 2.70. The quantitative estimate of drug-likeness (QED) is 0.812. The summed E-state index contributed by atoms with van der Waals surface area (Å²) in [5, 5.41) is 25.1. The molecule has 20 heavy (non-hydrogen) atoms. The zero-order valence-electron chi connectivity index (χ0n) is 10.6. The van der Waals surface area contributed by atoms with Gasteiger partial charge in [0.2, 0.25) is 5.82 Å². The SMILES string of the molecule is CC(O)(CN1CCn2c(nnc2C(F)(F)F)C1)C(=O)O. The molecule has 2 N–H and O–H groups in total. The lowest BCUT2D eigenvalue weighted by Crippen LogP contribution is -2.49. The molecule has 2 rings (SSSR count). The molecule has 0 fully saturated rings. The van der Waals surface area contributed by atoms with E-state index in [4.69, 9.17) is 5.11 Å². The summed E-state index contributed by atoms with van der Waals surface area (Å²) < 4.78 is 38.9. The lowest BCUT2D eigenvalue weighted by atomic mass is 10.1. The van der Waals surface area contributed by atoms with Crippen molar-refractivity contribution in [2.75, 3.05) is 13.1 Å². The number of carboxylic acid groups (broad SMARTS) is 1. The smallest absolute Gasteiger partial charge is 0.451 e. The van der Waals surface area contributed by atoms with Crippen molar-refractivity contribution in [1.82, 2.24) is 19.7 Å². The monoisotopic (exact) mass is 294 g/mol. The van der Waals surface area contributed by atoms with Crippen LogP contribution in [0.2, 0.25) is 0 Å². The molecule has 1 aromatic heterocycles. The number of rotatable bonds is 3. The van der Waals surface area contributed by atoms with Gasteiger partial charge in [0, 0.05) is 19.6 Å². The van der Waals surface area contributed by atoms with Crippen molar-refractivity contribution >= 4 is 5.97 Å². The topological polar surface area (TPSA) is 91.5 Å². The van der Waals surface area contributed by atoms with E-state index in [2.05, 4.69) is 10.2 Å². The van der Waals surface area contributed by atoms with E-state index in [1.807, 2.05) is 0 Å². The van der Waals surface area contributed by atoms with E-state index < -0.39 is 23.6 Å². The molecule has 0 saturated carbocycles. The van der Waals surface area contributed by atoms with Crippen molar-refractivity contribution in [3.63, 3.8) is 0 Å². The summed E-state index contributed by atoms with van der Waals surface area (Å²) in [6, 6.07) is 0. The van der Waals surface area contributed by atoms with Gasteiger partial charge in [-0.3, -0.25) is 4.90 Å². The van der Waals surface area contributed by atoms with Gasteiger partial charge in [-0.2, -0.15) is 13.2 Å². The second-order valence-electron chi connectivity index (χ2n) is 4.88. The third-order valence-electron chi connectivity index (χ3n) is 3.08. The van der Waals surface area contributed by atoms with Crippen molar-refractivity contribution in [1.29, 1.82) is 0 Å². The first-order valence-electron chi connectivity index (χ1n) is 5.78. The van der Waals surface area contributed by atoms with E-state index in [9.17, 15) is 23.1 Å². The molecule has 0 amide bonds. The fourth-order valence-corrected chi connectivity index (χ4v) is 2.06. The number of alkyl halides is 3. The largest absolute Gasteiger partial charge is 0.479 e. The van der Waals surface area contributed by atoms with E-state index in [1.54, 1.807) is 0 Å². The van der Waals surface area contributed by atoms with Crippen LogP contribution < -0.4 is 0 Å². The Bertz CT molecular complexity index is 526. The molecule has 1 atom stereocenters. The number of aliphatic hydroxyl groups is 1. The number of halogens is 3. The Hall–Kier alpha value is -1.68. The summed E-state index contributed by atoms with van der Waals surface area (Å²) in [4.78, 5) is 12.3. The minimum atomic E-state index is -4.57. The number of carbonyl (C=O) groups is 1. The minimum Gasteiger partial charge on any atom is -0.479 e. The van der Waals surface area contributed by atoms with Gasteiger partial charge in [0.1, 0.15) is 5.82 Å². The van der Waals surface area contributed by atoms with E-state index in [-0.39, 0.29) is 32.0 Å². The number of hydrogen-bond acceptors (Lipinski definition) is 5. The highest BCUT2D eigenvalue weighted by Crippen LogP contribution is 2.29. The number of carboxylic acids is 1. The molecule has 7 nitrogen and oxygen atoms in total. The molecular formula is C10H13F3N4O3. The molecule has 0 bridgehead atoms. The predicted molar refractivity (Wildman–Crippen MR) is 58.6 cm³/mol. The molecule has 1 aliphatic heterocycles. The second kappa shape index (κ2) is 4.70. The van der Waals surface area contributed by atoms with E-state index >= 15 is 0 Å². The second-order valence-corrected chi connectivity index (χ2v) is 4.88. The highest BCUT2D eigenvalue weighted by atomic mass is 19.4. The third kappa shape index (κ3) is 2.75. The lowest BCUT2D eigenvalue weighted by Gasteiger charge is -2.31. The number of hydrogen-bond donors (Lipinski definition) is 2. The molecule has 0 spiro atoms. The van der Waals surface area contributed by atoms with Crippen LogP contribution in [0.15, 0.2) is 0 Å². The van der Waals surface area contributed by atoms with Crippen molar-refractivity contribution in [3.05, 3.63) is 11.6 Å². The summed E-state index contributed by atoms with van der Waals surface area (Å²) in [6.07, 6.45) is -4.57. The maximum atomic E-state index is 12.6. The van der Waals surface area contributed by atoms with Crippen molar-refractivity contribution in [2.24, 2.45) is 0 Å². The van der Waals surface area contributed by atoms with Crippen LogP contribution >= 0.6 is 0 Å². The molecule has 0 saturated heterocycles. The molecule has 112 valence electrons. The Morgan fingerprint density at radius 2 is 2.00 bits per heavy atom. The van der Waals surface area contributed by atoms with Crippen molar-refractivity contribution in [2.45, 2.75) is 31.8 Å². The van der Waals surface area contributed by atoms with E-state index in [1.165, 1.54) is 4.90 Å². The predicted octanol–water partition coefficient (Wildman–Crippen LogP) is -0.0519. The molecular weight excluding hydrogens is 281 g/mol. The molecule has 0 aliphatic carbocycles. The van der Waals surface area contributed by atoms with Crippen LogP contribution in [-0.4, -0.2) is 54.5 Å². The van der Waals surface area contributed by atoms with Gasteiger partial charge in [0.15, 0.2) is 5.60 Å². The van der Waals surface area contributed by atoms with Crippen molar-refractivity contribution < 1.29 is 28.2 Å². The third-order valence-corrected chi connectivity index (χ3v) is 3.08. The lowest BCUT2D eigenvalue weighted by molar-refractivity contribution is -0.158. The maximum absolute atomic E-state index is 12.6. The number of aliphatic carboxylic acids is 1. The van der Waals surface area contributed by atoms with Crippen LogP contribution in [0.5, 0.6) is 0 Å². The maximum Gasteiger partial charge on any atom is 0.451 e. The van der Waals surface area contributed by atoms with Crippen LogP contribution in [0, 0.1) is 0 Å². The Balaban J connectivity index is 2.13. The Labute approximate surface area is 111 Å². The summed E-state index contributed by atoms with van der Waals surface area (Å²) in [5.74, 6) is -2.34. The van der Waals surface area contributed by atoms with Crippen molar-refractivity contribution in [3.8, 4) is 0 Å². The van der Waals surface area contributed by atoms with Crippen LogP contribution in [0.4, 0.5) is 13.2 Å². The zero-order chi connectivity index (χ0) is 15.1. The molecule has 1 aromatic rings. The summed E-state index contributed by atoms with van der Waals surface area (Å²) in [7, 11) is 0. The molecule has 0 aromatic carbocycles. The minimum absolute atomic E-state index is 0.00646. The number of aromatic nitrogens is 3. The van der Waals surface area contributed by atoms with Gasteiger partial charge in [0.25, 0.3) is 0 Å². The normalized spacial score (nSPS) is 19.4. The first kappa shape index (κ1) is 14.7. The van der Waals surface area contributed by atoms with Gasteiger partial charge < -0.3 is 14.8 Å². The molecule has 10 heteroatoms. The van der Waals surface area contributed by atoms with Gasteiger partial charge in [-0.05, 0) is 6.92 Å². The van der Waals surface area contributed by atoms with Gasteiger partial charge in [-0.1, -0.05) is 0 Å². The van der Waals surface area contributed by atoms with Crippen LogP contribution in [0.1, 0.15) is 18.6 Å². The number of β-amino-alcohol motifs (C(OH)–C–C–N with tert-alkyl or cyclic N) is 1. The first-order valence-corrected chi connectivity index (χ1v) is 5.78. The highest BCUT2D eigenvalue weighted by molar-refractivity contribution is 5.76. The number of fused-ring (bicyclic) bond motifs is 1.